The first-order valence-electron chi connectivity index (χ1n) is 8.35. The van der Waals surface area contributed by atoms with Crippen molar-refractivity contribution in [3.63, 3.8) is 0 Å². The molecule has 1 saturated carbocycles. The van der Waals surface area contributed by atoms with Crippen LogP contribution < -0.4 is 9.46 Å². The van der Waals surface area contributed by atoms with E-state index in [1.807, 2.05) is 19.9 Å². The molecule has 0 spiro atoms. The van der Waals surface area contributed by atoms with E-state index >= 15 is 0 Å². The largest absolute Gasteiger partial charge is 0.490 e. The van der Waals surface area contributed by atoms with E-state index in [9.17, 15) is 8.42 Å². The first-order chi connectivity index (χ1) is 11.4. The zero-order valence-electron chi connectivity index (χ0n) is 14.1. The van der Waals surface area contributed by atoms with Crippen molar-refractivity contribution in [2.75, 3.05) is 0 Å². The van der Waals surface area contributed by atoms with Gasteiger partial charge in [-0.3, -0.25) is 0 Å². The maximum absolute atomic E-state index is 12.4. The molecule has 1 heterocycles. The number of sulfonamides is 1. The minimum Gasteiger partial charge on any atom is -0.490 e. The first-order valence-corrected chi connectivity index (χ1v) is 9.84. The average molecular weight is 348 g/mol. The molecule has 0 atom stereocenters. The Kier molecular flexibility index (Phi) is 4.96. The van der Waals surface area contributed by atoms with Crippen molar-refractivity contribution in [3.05, 3.63) is 47.3 Å². The Morgan fingerprint density at radius 1 is 1.17 bits per heavy atom. The zero-order valence-corrected chi connectivity index (χ0v) is 14.9. The highest BCUT2D eigenvalue weighted by Crippen LogP contribution is 2.25. The number of benzene rings is 1. The van der Waals surface area contributed by atoms with Crippen LogP contribution in [0, 0.1) is 13.8 Å². The molecule has 0 unspecified atom stereocenters. The molecule has 1 fully saturated rings. The van der Waals surface area contributed by atoms with E-state index in [1.165, 1.54) is 12.8 Å². The van der Waals surface area contributed by atoms with E-state index in [0.717, 1.165) is 35.5 Å². The second-order valence-corrected chi connectivity index (χ2v) is 8.19. The lowest BCUT2D eigenvalue weighted by Crippen LogP contribution is -2.23. The number of rotatable bonds is 6. The van der Waals surface area contributed by atoms with Crippen LogP contribution in [0.5, 0.6) is 5.75 Å². The van der Waals surface area contributed by atoms with Crippen LogP contribution in [0.1, 0.15) is 42.6 Å². The Morgan fingerprint density at radius 3 is 2.42 bits per heavy atom. The number of aryl methyl sites for hydroxylation is 2. The minimum absolute atomic E-state index is 0.256. The van der Waals surface area contributed by atoms with Gasteiger partial charge in [0, 0.05) is 17.9 Å². The van der Waals surface area contributed by atoms with Gasteiger partial charge in [-0.1, -0.05) is 0 Å². The highest BCUT2D eigenvalue weighted by molar-refractivity contribution is 7.89. The van der Waals surface area contributed by atoms with Gasteiger partial charge in [-0.05, 0) is 75.4 Å². The van der Waals surface area contributed by atoms with Crippen LogP contribution in [-0.4, -0.2) is 19.5 Å². The Labute approximate surface area is 143 Å². The van der Waals surface area contributed by atoms with E-state index in [-0.39, 0.29) is 17.5 Å². The van der Waals surface area contributed by atoms with Crippen molar-refractivity contribution in [3.8, 4) is 5.75 Å². The summed E-state index contributed by atoms with van der Waals surface area (Å²) < 4.78 is 33.4. The minimum atomic E-state index is -3.53. The standard InChI is InChI=1S/C18H24N2O3S/c1-13-11-15(14(2)20-13)12-19-24(21,22)18-9-7-17(8-10-18)23-16-5-3-4-6-16/h7-11,16,19-20H,3-6,12H2,1-2H3. The predicted octanol–water partition coefficient (Wildman–Crippen LogP) is 3.43. The van der Waals surface area contributed by atoms with Gasteiger partial charge in [0.15, 0.2) is 0 Å². The Morgan fingerprint density at radius 2 is 1.83 bits per heavy atom. The fourth-order valence-electron chi connectivity index (χ4n) is 3.12. The van der Waals surface area contributed by atoms with Crippen molar-refractivity contribution in [1.82, 2.24) is 9.71 Å². The fourth-order valence-corrected chi connectivity index (χ4v) is 4.12. The van der Waals surface area contributed by atoms with Gasteiger partial charge >= 0.3 is 0 Å². The van der Waals surface area contributed by atoms with Crippen LogP contribution >= 0.6 is 0 Å². The van der Waals surface area contributed by atoms with E-state index in [1.54, 1.807) is 24.3 Å². The Balaban J connectivity index is 1.64. The molecule has 24 heavy (non-hydrogen) atoms. The molecule has 1 aromatic carbocycles. The van der Waals surface area contributed by atoms with E-state index in [0.29, 0.717) is 0 Å². The molecule has 1 aliphatic carbocycles. The third-order valence-electron chi connectivity index (χ3n) is 4.45. The van der Waals surface area contributed by atoms with Gasteiger partial charge in [0.05, 0.1) is 11.0 Å². The summed E-state index contributed by atoms with van der Waals surface area (Å²) in [5.74, 6) is 0.734. The second-order valence-electron chi connectivity index (χ2n) is 6.42. The number of nitrogens with one attached hydrogen (secondary N) is 2. The summed E-state index contributed by atoms with van der Waals surface area (Å²) in [7, 11) is -3.53. The van der Waals surface area contributed by atoms with Crippen molar-refractivity contribution in [1.29, 1.82) is 0 Å². The normalized spacial score (nSPS) is 15.8. The highest BCUT2D eigenvalue weighted by Gasteiger charge is 2.18. The zero-order chi connectivity index (χ0) is 17.2. The molecule has 130 valence electrons. The number of hydrogen-bond acceptors (Lipinski definition) is 3. The highest BCUT2D eigenvalue weighted by atomic mass is 32.2. The molecule has 6 heteroatoms. The van der Waals surface area contributed by atoms with Gasteiger partial charge in [-0.15, -0.1) is 0 Å². The molecule has 0 aliphatic heterocycles. The van der Waals surface area contributed by atoms with E-state index < -0.39 is 10.0 Å². The third-order valence-corrected chi connectivity index (χ3v) is 5.87. The molecule has 1 aliphatic rings. The lowest BCUT2D eigenvalue weighted by atomic mass is 10.2. The summed E-state index contributed by atoms with van der Waals surface area (Å²) in [4.78, 5) is 3.43. The van der Waals surface area contributed by atoms with Crippen LogP contribution in [0.15, 0.2) is 35.2 Å². The number of hydrogen-bond donors (Lipinski definition) is 2. The second kappa shape index (κ2) is 6.99. The molecule has 2 N–H and O–H groups in total. The molecule has 0 radical (unpaired) electrons. The Bertz CT molecular complexity index is 788. The smallest absolute Gasteiger partial charge is 0.240 e. The van der Waals surface area contributed by atoms with E-state index in [4.69, 9.17) is 4.74 Å². The molecule has 5 nitrogen and oxygen atoms in total. The lowest BCUT2D eigenvalue weighted by molar-refractivity contribution is 0.210. The molecular formula is C18H24N2O3S. The predicted molar refractivity (Wildman–Crippen MR) is 93.6 cm³/mol. The van der Waals surface area contributed by atoms with Crippen molar-refractivity contribution in [2.45, 2.75) is 57.1 Å². The summed E-state index contributed by atoms with van der Waals surface area (Å²) in [6.45, 7) is 4.17. The third kappa shape index (κ3) is 3.99. The van der Waals surface area contributed by atoms with Crippen molar-refractivity contribution in [2.24, 2.45) is 0 Å². The number of H-pyrrole nitrogens is 1. The summed E-state index contributed by atoms with van der Waals surface area (Å²) in [6.07, 6.45) is 4.84. The summed E-state index contributed by atoms with van der Waals surface area (Å²) in [6, 6.07) is 8.62. The number of aromatic amines is 1. The molecule has 0 saturated heterocycles. The summed E-state index contributed by atoms with van der Waals surface area (Å²) >= 11 is 0. The van der Waals surface area contributed by atoms with Gasteiger partial charge in [-0.25, -0.2) is 13.1 Å². The number of aromatic nitrogens is 1. The van der Waals surface area contributed by atoms with E-state index in [2.05, 4.69) is 9.71 Å². The molecule has 2 aromatic rings. The van der Waals surface area contributed by atoms with Gasteiger partial charge in [0.25, 0.3) is 0 Å². The fraction of sp³-hybridized carbons (Fsp3) is 0.444. The maximum Gasteiger partial charge on any atom is 0.240 e. The van der Waals surface area contributed by atoms with Crippen molar-refractivity contribution >= 4 is 10.0 Å². The molecular weight excluding hydrogens is 324 g/mol. The lowest BCUT2D eigenvalue weighted by Gasteiger charge is -2.13. The van der Waals surface area contributed by atoms with Gasteiger partial charge in [0.2, 0.25) is 10.0 Å². The van der Waals surface area contributed by atoms with Gasteiger partial charge < -0.3 is 9.72 Å². The molecule has 0 bridgehead atoms. The SMILES string of the molecule is Cc1cc(CNS(=O)(=O)c2ccc(OC3CCCC3)cc2)c(C)[nH]1. The number of ether oxygens (including phenoxy) is 1. The maximum atomic E-state index is 12.4. The van der Waals surface area contributed by atoms with Crippen LogP contribution in [-0.2, 0) is 16.6 Å². The van der Waals surface area contributed by atoms with Crippen LogP contribution in [0.2, 0.25) is 0 Å². The summed E-state index contributed by atoms with van der Waals surface area (Å²) in [5, 5.41) is 0. The quantitative estimate of drug-likeness (QED) is 0.840. The average Bonchev–Trinajstić information content (AvgIpc) is 3.15. The molecule has 3 rings (SSSR count). The van der Waals surface area contributed by atoms with Gasteiger partial charge in [-0.2, -0.15) is 0 Å². The van der Waals surface area contributed by atoms with Crippen LogP contribution in [0.3, 0.4) is 0 Å². The van der Waals surface area contributed by atoms with Crippen LogP contribution in [0.25, 0.3) is 0 Å². The monoisotopic (exact) mass is 348 g/mol. The topological polar surface area (TPSA) is 71.2 Å². The molecule has 1 aromatic heterocycles. The Hall–Kier alpha value is -1.79. The molecule has 0 amide bonds. The van der Waals surface area contributed by atoms with Crippen LogP contribution in [0.4, 0.5) is 0 Å². The van der Waals surface area contributed by atoms with Gasteiger partial charge in [0.1, 0.15) is 5.75 Å². The van der Waals surface area contributed by atoms with Crippen molar-refractivity contribution < 1.29 is 13.2 Å². The first kappa shape index (κ1) is 17.0. The summed E-state index contributed by atoms with van der Waals surface area (Å²) in [5.41, 5.74) is 2.96.